The van der Waals surface area contributed by atoms with E-state index in [4.69, 9.17) is 0 Å². The topological polar surface area (TPSA) is 93.3 Å². The lowest BCUT2D eigenvalue weighted by atomic mass is 9.73. The van der Waals surface area contributed by atoms with Gasteiger partial charge in [-0.25, -0.2) is 9.97 Å². The molecule has 0 unspecified atom stereocenters. The van der Waals surface area contributed by atoms with Crippen LogP contribution in [0.25, 0.3) is 21.1 Å². The third kappa shape index (κ3) is 7.04. The molecule has 3 aliphatic heterocycles. The first-order valence-electron chi connectivity index (χ1n) is 17.0. The number of halogens is 3. The molecule has 3 aromatic heterocycles. The molecule has 49 heavy (non-hydrogen) atoms. The Morgan fingerprint density at radius 2 is 1.92 bits per heavy atom. The number of hydrogen-bond donors (Lipinski definition) is 1. The molecule has 7 rings (SSSR count). The summed E-state index contributed by atoms with van der Waals surface area (Å²) in [4.78, 5) is 28.4. The van der Waals surface area contributed by atoms with Crippen LogP contribution in [0.3, 0.4) is 0 Å². The van der Waals surface area contributed by atoms with Crippen molar-refractivity contribution >= 4 is 44.2 Å². The van der Waals surface area contributed by atoms with Crippen LogP contribution < -0.4 is 5.32 Å². The molecule has 3 fully saturated rings. The van der Waals surface area contributed by atoms with Crippen LogP contribution in [-0.4, -0.2) is 93.2 Å². The molecule has 0 saturated carbocycles. The Balaban J connectivity index is 0.950. The molecular weight excluding hydrogens is 650 g/mol. The molecule has 0 aliphatic carbocycles. The van der Waals surface area contributed by atoms with E-state index in [-0.39, 0.29) is 22.2 Å². The van der Waals surface area contributed by atoms with Crippen molar-refractivity contribution in [3.8, 4) is 6.07 Å². The summed E-state index contributed by atoms with van der Waals surface area (Å²) in [6.45, 7) is 13.5. The fourth-order valence-electron chi connectivity index (χ4n) is 8.09. The van der Waals surface area contributed by atoms with Gasteiger partial charge in [-0.05, 0) is 68.0 Å². The van der Waals surface area contributed by atoms with Gasteiger partial charge in [0.1, 0.15) is 28.7 Å². The molecule has 1 amide bonds. The van der Waals surface area contributed by atoms with Gasteiger partial charge < -0.3 is 19.7 Å². The lowest BCUT2D eigenvalue weighted by molar-refractivity contribution is -0.134. The van der Waals surface area contributed by atoms with E-state index in [1.165, 1.54) is 23.5 Å². The second kappa shape index (κ2) is 13.4. The molecule has 0 atom stereocenters. The van der Waals surface area contributed by atoms with Crippen molar-refractivity contribution in [3.05, 3.63) is 64.9 Å². The Hall–Kier alpha value is -3.99. The van der Waals surface area contributed by atoms with Crippen LogP contribution in [-0.2, 0) is 24.3 Å². The van der Waals surface area contributed by atoms with Crippen LogP contribution in [0.2, 0.25) is 0 Å². The summed E-state index contributed by atoms with van der Waals surface area (Å²) in [5, 5.41) is 15.3. The van der Waals surface area contributed by atoms with E-state index in [1.807, 2.05) is 11.0 Å². The minimum absolute atomic E-state index is 0.0240. The van der Waals surface area contributed by atoms with E-state index in [0.717, 1.165) is 107 Å². The third-order valence-electron chi connectivity index (χ3n) is 10.6. The number of anilines is 1. The Bertz CT molecular complexity index is 1910. The fourth-order valence-corrected chi connectivity index (χ4v) is 9.11. The van der Waals surface area contributed by atoms with Gasteiger partial charge in [0.05, 0.1) is 11.8 Å². The smallest absolute Gasteiger partial charge is 0.367 e. The van der Waals surface area contributed by atoms with E-state index < -0.39 is 12.6 Å². The summed E-state index contributed by atoms with van der Waals surface area (Å²) in [5.41, 5.74) is 4.38. The van der Waals surface area contributed by atoms with E-state index in [9.17, 15) is 23.2 Å². The zero-order valence-corrected chi connectivity index (χ0v) is 28.5. The number of alkyl halides is 3. The summed E-state index contributed by atoms with van der Waals surface area (Å²) in [6.07, 6.45) is 1.57. The summed E-state index contributed by atoms with van der Waals surface area (Å²) < 4.78 is 41.0. The Labute approximate surface area is 288 Å². The summed E-state index contributed by atoms with van der Waals surface area (Å²) in [6, 6.07) is 10.5. The van der Waals surface area contributed by atoms with Crippen LogP contribution in [0.15, 0.2) is 43.2 Å². The maximum atomic E-state index is 13.0. The SMILES string of the molecule is C=CC(=O)N1CCCC2(CN(CCn3c(C#N)cc4c(C)c(CN5CCC(Nc6ncnc7sc(CC(F)(F)F)cc67)CC5)ccc43)C2)C1. The average molecular weight is 691 g/mol. The second-order valence-electron chi connectivity index (χ2n) is 14.0. The standard InChI is InChI=1S/C36H41F3N8OS/c1-3-32(48)46-10-4-9-35(22-46)20-45(21-35)13-14-47-27(18-40)15-29-24(2)25(5-6-31(29)47)19-44-11-7-26(8-12-44)43-33-30-16-28(17-36(37,38)39)49-34(30)42-23-41-33/h3,5-6,15-16,23,26H,1,4,7-14,17,19-22H2,2H3,(H,41,42,43). The first-order chi connectivity index (χ1) is 23.5. The largest absolute Gasteiger partial charge is 0.393 e. The van der Waals surface area contributed by atoms with Gasteiger partial charge in [-0.1, -0.05) is 12.6 Å². The number of nitrogens with zero attached hydrogens (tertiary/aromatic N) is 7. The number of amides is 1. The Kier molecular flexibility index (Phi) is 9.15. The first kappa shape index (κ1) is 33.5. The monoisotopic (exact) mass is 690 g/mol. The van der Waals surface area contributed by atoms with Gasteiger partial charge in [0.2, 0.25) is 5.91 Å². The normalized spacial score (nSPS) is 19.0. The van der Waals surface area contributed by atoms with E-state index >= 15 is 0 Å². The van der Waals surface area contributed by atoms with E-state index in [0.29, 0.717) is 21.7 Å². The zero-order valence-electron chi connectivity index (χ0n) is 27.7. The highest BCUT2D eigenvalue weighted by Gasteiger charge is 2.46. The van der Waals surface area contributed by atoms with Gasteiger partial charge in [-0.3, -0.25) is 9.69 Å². The molecular formula is C36H41F3N8OS. The fraction of sp³-hybridized carbons (Fsp3) is 0.500. The number of piperidine rings is 2. The molecule has 9 nitrogen and oxygen atoms in total. The molecule has 3 aliphatic rings. The Morgan fingerprint density at radius 3 is 2.65 bits per heavy atom. The van der Waals surface area contributed by atoms with E-state index in [1.54, 1.807) is 6.07 Å². The van der Waals surface area contributed by atoms with Gasteiger partial charge in [-0.15, -0.1) is 11.3 Å². The Morgan fingerprint density at radius 1 is 1.12 bits per heavy atom. The lowest BCUT2D eigenvalue weighted by Crippen LogP contribution is -2.63. The van der Waals surface area contributed by atoms with Crippen molar-refractivity contribution in [3.63, 3.8) is 0 Å². The lowest BCUT2D eigenvalue weighted by Gasteiger charge is -2.54. The van der Waals surface area contributed by atoms with Crippen molar-refractivity contribution in [2.24, 2.45) is 5.41 Å². The van der Waals surface area contributed by atoms with Crippen molar-refractivity contribution in [2.75, 3.05) is 51.1 Å². The van der Waals surface area contributed by atoms with Crippen LogP contribution in [0.5, 0.6) is 0 Å². The first-order valence-corrected chi connectivity index (χ1v) is 17.8. The number of benzene rings is 1. The third-order valence-corrected chi connectivity index (χ3v) is 11.6. The molecule has 1 aromatic carbocycles. The second-order valence-corrected chi connectivity index (χ2v) is 15.1. The van der Waals surface area contributed by atoms with Crippen molar-refractivity contribution < 1.29 is 18.0 Å². The van der Waals surface area contributed by atoms with Crippen LogP contribution in [0.1, 0.15) is 47.4 Å². The molecule has 6 heterocycles. The van der Waals surface area contributed by atoms with Crippen LogP contribution in [0.4, 0.5) is 19.0 Å². The molecule has 3 saturated heterocycles. The predicted octanol–water partition coefficient (Wildman–Crippen LogP) is 6.12. The molecule has 1 N–H and O–H groups in total. The number of nitriles is 1. The van der Waals surface area contributed by atoms with Gasteiger partial charge in [0.15, 0.2) is 0 Å². The number of hydrogen-bond acceptors (Lipinski definition) is 8. The quantitative estimate of drug-likeness (QED) is 0.212. The number of fused-ring (bicyclic) bond motifs is 2. The van der Waals surface area contributed by atoms with Crippen molar-refractivity contribution in [1.82, 2.24) is 29.2 Å². The number of carbonyl (C=O) groups excluding carboxylic acids is 1. The number of aromatic nitrogens is 3. The summed E-state index contributed by atoms with van der Waals surface area (Å²) in [5.74, 6) is 0.623. The number of likely N-dealkylation sites (tertiary alicyclic amines) is 3. The minimum atomic E-state index is -4.26. The maximum absolute atomic E-state index is 13.0. The maximum Gasteiger partial charge on any atom is 0.393 e. The van der Waals surface area contributed by atoms with Gasteiger partial charge in [0.25, 0.3) is 0 Å². The number of thiophene rings is 1. The molecule has 0 bridgehead atoms. The van der Waals surface area contributed by atoms with Gasteiger partial charge in [-0.2, -0.15) is 18.4 Å². The van der Waals surface area contributed by atoms with E-state index in [2.05, 4.69) is 61.4 Å². The highest BCUT2D eigenvalue weighted by Crippen LogP contribution is 2.39. The molecule has 258 valence electrons. The summed E-state index contributed by atoms with van der Waals surface area (Å²) >= 11 is 1.07. The van der Waals surface area contributed by atoms with Crippen molar-refractivity contribution in [2.45, 2.75) is 64.3 Å². The van der Waals surface area contributed by atoms with Gasteiger partial charge in [0, 0.05) is 86.1 Å². The molecule has 1 spiro atoms. The molecule has 4 aromatic rings. The summed E-state index contributed by atoms with van der Waals surface area (Å²) in [7, 11) is 0. The number of nitrogens with one attached hydrogen (secondary N) is 1. The van der Waals surface area contributed by atoms with Crippen molar-refractivity contribution in [1.29, 1.82) is 5.26 Å². The molecule has 13 heteroatoms. The highest BCUT2D eigenvalue weighted by molar-refractivity contribution is 7.18. The molecule has 0 radical (unpaired) electrons. The number of rotatable bonds is 9. The highest BCUT2D eigenvalue weighted by atomic mass is 32.1. The predicted molar refractivity (Wildman–Crippen MR) is 185 cm³/mol. The number of aryl methyl sites for hydroxylation is 1. The minimum Gasteiger partial charge on any atom is -0.367 e. The van der Waals surface area contributed by atoms with Crippen LogP contribution in [0, 0.1) is 23.7 Å². The average Bonchev–Trinajstić information content (AvgIpc) is 3.65. The zero-order chi connectivity index (χ0) is 34.3. The van der Waals surface area contributed by atoms with Gasteiger partial charge >= 0.3 is 6.18 Å². The van der Waals surface area contributed by atoms with Crippen LogP contribution >= 0.6 is 11.3 Å². The number of carbonyl (C=O) groups is 1.